The normalized spacial score (nSPS) is 11.0. The first-order valence-corrected chi connectivity index (χ1v) is 15.0. The Morgan fingerprint density at radius 3 is 1.24 bits per heavy atom. The van der Waals surface area contributed by atoms with Crippen molar-refractivity contribution in [2.45, 2.75) is 65.5 Å². The number of hydrogen-bond acceptors (Lipinski definition) is 0. The van der Waals surface area contributed by atoms with Crippen LogP contribution in [-0.4, -0.2) is 12.1 Å². The molecule has 0 aliphatic heterocycles. The third-order valence-corrected chi connectivity index (χ3v) is 10.1. The minimum atomic E-state index is 0. The number of halogens is 2. The van der Waals surface area contributed by atoms with Crippen LogP contribution in [0.2, 0.25) is 13.1 Å². The Kier molecular flexibility index (Phi) is 13.6. The first-order chi connectivity index (χ1) is 14.4. The van der Waals surface area contributed by atoms with Crippen LogP contribution < -0.4 is 24.8 Å². The molecule has 0 unspecified atom stereocenters. The molecule has 0 saturated carbocycles. The van der Waals surface area contributed by atoms with E-state index < -0.39 is 0 Å². The third kappa shape index (κ3) is 9.41. The van der Waals surface area contributed by atoms with Crippen molar-refractivity contribution in [1.82, 2.24) is 0 Å². The van der Waals surface area contributed by atoms with Crippen LogP contribution in [0, 0.1) is 0 Å². The summed E-state index contributed by atoms with van der Waals surface area (Å²) >= 11 is 1.58. The van der Waals surface area contributed by atoms with Crippen molar-refractivity contribution in [2.24, 2.45) is 0 Å². The molecule has 4 rings (SSSR count). The second-order valence-corrected chi connectivity index (χ2v) is 15.0. The quantitative estimate of drug-likeness (QED) is 0.242. The van der Waals surface area contributed by atoms with Crippen LogP contribution in [-0.2, 0) is 35.1 Å². The van der Waals surface area contributed by atoms with E-state index in [-0.39, 0.29) is 44.4 Å². The van der Waals surface area contributed by atoms with Crippen LogP contribution in [0.3, 0.4) is 0 Å². The van der Waals surface area contributed by atoms with E-state index in [4.69, 9.17) is 0 Å². The van der Waals surface area contributed by atoms with Crippen LogP contribution in [0.5, 0.6) is 0 Å². The van der Waals surface area contributed by atoms with Gasteiger partial charge < -0.3 is 24.8 Å². The fraction of sp³-hybridized carbons (Fsp3) is 0.345. The van der Waals surface area contributed by atoms with E-state index in [1.54, 1.807) is 24.2 Å². The van der Waals surface area contributed by atoms with Gasteiger partial charge in [0.05, 0.1) is 0 Å². The van der Waals surface area contributed by atoms with Crippen molar-refractivity contribution in [3.8, 4) is 0 Å². The Bertz CT molecular complexity index is 1020. The summed E-state index contributed by atoms with van der Waals surface area (Å²) in [5.74, 6) is 0. The molecule has 0 aliphatic carbocycles. The Balaban J connectivity index is 0.000000494. The summed E-state index contributed by atoms with van der Waals surface area (Å²) in [6.45, 7) is 18.1. The molecule has 0 nitrogen and oxygen atoms in total. The summed E-state index contributed by atoms with van der Waals surface area (Å²) in [5.41, 5.74) is 3.40. The van der Waals surface area contributed by atoms with Crippen LogP contribution in [0.25, 0.3) is 21.5 Å². The molecule has 33 heavy (non-hydrogen) atoms. The molecule has 0 heterocycles. The van der Waals surface area contributed by atoms with Gasteiger partial charge in [0.15, 0.2) is 0 Å². The van der Waals surface area contributed by atoms with E-state index in [1.807, 2.05) is 0 Å². The van der Waals surface area contributed by atoms with E-state index in [1.165, 1.54) is 32.7 Å². The molecule has 0 N–H and O–H groups in total. The first-order valence-electron chi connectivity index (χ1n) is 11.1. The average Bonchev–Trinajstić information content (AvgIpc) is 3.32. The van der Waals surface area contributed by atoms with Crippen LogP contribution in [0.15, 0.2) is 72.8 Å². The van der Waals surface area contributed by atoms with Crippen LogP contribution in [0.1, 0.15) is 52.7 Å². The molecule has 0 amide bonds. The Morgan fingerprint density at radius 2 is 0.970 bits per heavy atom. The SMILES string of the molecule is CC(C)(C)c1c[cH-]c2ccccc12.CC(C)(C)c1c[cH-]c2ccccc12.C[Si](C)[CH]=[Zr+2].[Cl-].[Cl-]. The van der Waals surface area contributed by atoms with E-state index in [2.05, 4.69) is 131 Å². The number of fused-ring (bicyclic) bond motifs is 2. The minimum absolute atomic E-state index is 0. The van der Waals surface area contributed by atoms with E-state index in [0.29, 0.717) is 0 Å². The average molecular weight is 576 g/mol. The summed E-state index contributed by atoms with van der Waals surface area (Å²) in [4.78, 5) is 0. The summed E-state index contributed by atoms with van der Waals surface area (Å²) in [6, 6.07) is 26.0. The van der Waals surface area contributed by atoms with Gasteiger partial charge in [0, 0.05) is 0 Å². The van der Waals surface area contributed by atoms with Gasteiger partial charge in [-0.1, -0.05) is 64.5 Å². The number of benzene rings is 2. The number of hydrogen-bond donors (Lipinski definition) is 0. The van der Waals surface area contributed by atoms with Gasteiger partial charge in [-0.3, -0.25) is 0 Å². The molecule has 0 bridgehead atoms. The molecule has 4 aromatic rings. The topological polar surface area (TPSA) is 0 Å². The molecule has 0 aliphatic rings. The molecule has 4 aromatic carbocycles. The van der Waals surface area contributed by atoms with Crippen molar-refractivity contribution >= 4 is 33.7 Å². The van der Waals surface area contributed by atoms with Crippen molar-refractivity contribution < 1.29 is 49.0 Å². The molecular weight excluding hydrogens is 539 g/mol. The van der Waals surface area contributed by atoms with E-state index in [9.17, 15) is 0 Å². The minimum Gasteiger partial charge on any atom is -1.00 e. The zero-order valence-corrected chi connectivity index (χ0v) is 26.2. The van der Waals surface area contributed by atoms with Gasteiger partial charge in [0.2, 0.25) is 0 Å². The van der Waals surface area contributed by atoms with Crippen molar-refractivity contribution in [1.29, 1.82) is 0 Å². The monoisotopic (exact) mass is 573 g/mol. The number of rotatable bonds is 1. The maximum atomic E-state index is 2.36. The Labute approximate surface area is 230 Å². The maximum Gasteiger partial charge on any atom is -1.00 e. The Morgan fingerprint density at radius 1 is 0.667 bits per heavy atom. The smallest absolute Gasteiger partial charge is 1.00 e. The molecule has 1 radical (unpaired) electrons. The van der Waals surface area contributed by atoms with Gasteiger partial charge in [-0.25, -0.2) is 0 Å². The summed E-state index contributed by atoms with van der Waals surface area (Å²) in [6.07, 6.45) is 0. The first kappa shape index (κ1) is 32.2. The van der Waals surface area contributed by atoms with Crippen molar-refractivity contribution in [3.63, 3.8) is 0 Å². The summed E-state index contributed by atoms with van der Waals surface area (Å²) in [5, 5.41) is 5.50. The fourth-order valence-electron chi connectivity index (χ4n) is 3.61. The molecule has 0 fully saturated rings. The van der Waals surface area contributed by atoms with Gasteiger partial charge in [-0.05, 0) is 0 Å². The zero-order valence-electron chi connectivity index (χ0n) is 21.3. The molecule has 0 spiro atoms. The van der Waals surface area contributed by atoms with Crippen LogP contribution in [0.4, 0.5) is 0 Å². The molecule has 0 aromatic heterocycles. The van der Waals surface area contributed by atoms with Crippen molar-refractivity contribution in [2.75, 3.05) is 0 Å². The standard InChI is InChI=1S/2C13H15.C3H7Si.2ClH.Zr/c2*1-13(2,3)12-9-8-10-6-4-5-7-11(10)12;1-4(2)3;;;/h2*4-9H,1-3H3;1H,2-3H3;2*1H;/q2*-1;;;;+2/p-2. The van der Waals surface area contributed by atoms with E-state index >= 15 is 0 Å². The third-order valence-electron chi connectivity index (χ3n) is 5.27. The molecule has 0 saturated heterocycles. The second kappa shape index (κ2) is 13.9. The predicted molar refractivity (Wildman–Crippen MR) is 140 cm³/mol. The summed E-state index contributed by atoms with van der Waals surface area (Å²) in [7, 11) is 0.0410. The zero-order chi connectivity index (χ0) is 23.2. The molecule has 0 atom stereocenters. The summed E-state index contributed by atoms with van der Waals surface area (Å²) < 4.78 is 2.36. The van der Waals surface area contributed by atoms with Gasteiger partial charge in [-0.15, -0.1) is 93.3 Å². The molecular formula is C29H37Cl2SiZr-2. The van der Waals surface area contributed by atoms with Crippen LogP contribution >= 0.6 is 0 Å². The van der Waals surface area contributed by atoms with E-state index in [0.717, 1.165) is 0 Å². The Hall–Kier alpha value is -0.790. The predicted octanol–water partition coefficient (Wildman–Crippen LogP) is 2.35. The van der Waals surface area contributed by atoms with Gasteiger partial charge >= 0.3 is 49.5 Å². The van der Waals surface area contributed by atoms with Gasteiger partial charge in [0.25, 0.3) is 0 Å². The molecule has 177 valence electrons. The van der Waals surface area contributed by atoms with Crippen molar-refractivity contribution in [3.05, 3.63) is 83.9 Å². The second-order valence-electron chi connectivity index (χ2n) is 10.4. The fourth-order valence-corrected chi connectivity index (χ4v) is 3.61. The largest absolute Gasteiger partial charge is 1.00 e. The molecule has 4 heteroatoms. The maximum absolute atomic E-state index is 2.36. The van der Waals surface area contributed by atoms with Gasteiger partial charge in [0.1, 0.15) is 0 Å². The van der Waals surface area contributed by atoms with Gasteiger partial charge in [-0.2, -0.15) is 0 Å².